The molecule has 0 aliphatic heterocycles. The molecule has 0 saturated carbocycles. The molecule has 2 unspecified atom stereocenters. The number of esters is 2. The number of carbonyl (C=O) groups excluding carboxylic acids is 3. The van der Waals surface area contributed by atoms with Crippen LogP contribution < -0.4 is 15.2 Å². The average molecular weight is 496 g/mol. The van der Waals surface area contributed by atoms with Crippen molar-refractivity contribution in [1.82, 2.24) is 0 Å². The smallest absolute Gasteiger partial charge is 0.480 e. The highest BCUT2D eigenvalue weighted by Crippen LogP contribution is 2.36. The van der Waals surface area contributed by atoms with Gasteiger partial charge < -0.3 is 29.8 Å². The van der Waals surface area contributed by atoms with Gasteiger partial charge in [-0.25, -0.2) is 4.79 Å². The standard InChI is InChI=1S/C25H37NO9/c1-5-8-13-32-25(31)33-15-16(4)22(23(26)24(29)30)17-11-12-18(34-20(27)9-6-2)19(14-17)35-21(28)10-7-3/h11-12,14,16,22-23H,5-10,13,15,26H2,1-4H3,(H,29,30)/t16?,22?,23-/m0/s1. The molecule has 3 N–H and O–H groups in total. The van der Waals surface area contributed by atoms with Gasteiger partial charge in [0.15, 0.2) is 11.5 Å². The van der Waals surface area contributed by atoms with E-state index in [1.165, 1.54) is 12.1 Å². The second kappa shape index (κ2) is 15.7. The van der Waals surface area contributed by atoms with E-state index in [0.29, 0.717) is 24.8 Å². The molecule has 1 aromatic rings. The van der Waals surface area contributed by atoms with Gasteiger partial charge in [0.2, 0.25) is 0 Å². The van der Waals surface area contributed by atoms with Crippen LogP contribution in [-0.4, -0.2) is 48.4 Å². The quantitative estimate of drug-likeness (QED) is 0.206. The molecule has 1 rings (SSSR count). The highest BCUT2D eigenvalue weighted by molar-refractivity contribution is 5.77. The Morgan fingerprint density at radius 3 is 2.06 bits per heavy atom. The molecule has 0 aliphatic carbocycles. The number of benzene rings is 1. The van der Waals surface area contributed by atoms with Gasteiger partial charge in [0, 0.05) is 18.8 Å². The zero-order chi connectivity index (χ0) is 26.4. The molecule has 0 amide bonds. The van der Waals surface area contributed by atoms with Crippen molar-refractivity contribution in [1.29, 1.82) is 0 Å². The monoisotopic (exact) mass is 495 g/mol. The fraction of sp³-hybridized carbons (Fsp3) is 0.600. The van der Waals surface area contributed by atoms with Gasteiger partial charge in [0.1, 0.15) is 6.04 Å². The van der Waals surface area contributed by atoms with Gasteiger partial charge in [-0.15, -0.1) is 0 Å². The van der Waals surface area contributed by atoms with Gasteiger partial charge in [-0.3, -0.25) is 14.4 Å². The minimum Gasteiger partial charge on any atom is -0.480 e. The number of rotatable bonds is 15. The van der Waals surface area contributed by atoms with E-state index in [-0.39, 0.29) is 37.6 Å². The van der Waals surface area contributed by atoms with Gasteiger partial charge >= 0.3 is 24.1 Å². The first-order valence-corrected chi connectivity index (χ1v) is 12.0. The summed E-state index contributed by atoms with van der Waals surface area (Å²) in [5.41, 5.74) is 6.41. The number of hydrogen-bond donors (Lipinski definition) is 2. The van der Waals surface area contributed by atoms with Crippen LogP contribution in [0.4, 0.5) is 4.79 Å². The molecule has 3 atom stereocenters. The molecule has 0 spiro atoms. The molecule has 10 heteroatoms. The van der Waals surface area contributed by atoms with Crippen molar-refractivity contribution in [2.75, 3.05) is 13.2 Å². The highest BCUT2D eigenvalue weighted by atomic mass is 16.7. The van der Waals surface area contributed by atoms with Crippen LogP contribution in [0.25, 0.3) is 0 Å². The Morgan fingerprint density at radius 1 is 0.914 bits per heavy atom. The number of carbonyl (C=O) groups is 4. The van der Waals surface area contributed by atoms with Crippen LogP contribution >= 0.6 is 0 Å². The van der Waals surface area contributed by atoms with Crippen LogP contribution in [0.15, 0.2) is 18.2 Å². The van der Waals surface area contributed by atoms with Crippen molar-refractivity contribution in [3.63, 3.8) is 0 Å². The maximum Gasteiger partial charge on any atom is 0.508 e. The minimum atomic E-state index is -1.35. The Balaban J connectivity index is 3.22. The van der Waals surface area contributed by atoms with E-state index in [2.05, 4.69) is 0 Å². The molecule has 0 fully saturated rings. The summed E-state index contributed by atoms with van der Waals surface area (Å²) in [4.78, 5) is 47.8. The third kappa shape index (κ3) is 10.3. The molecule has 35 heavy (non-hydrogen) atoms. The molecule has 10 nitrogen and oxygen atoms in total. The summed E-state index contributed by atoms with van der Waals surface area (Å²) in [7, 11) is 0. The van der Waals surface area contributed by atoms with Crippen LogP contribution in [0.5, 0.6) is 11.5 Å². The lowest BCUT2D eigenvalue weighted by molar-refractivity contribution is -0.139. The highest BCUT2D eigenvalue weighted by Gasteiger charge is 2.33. The maximum atomic E-state index is 12.2. The van der Waals surface area contributed by atoms with Crippen LogP contribution in [0, 0.1) is 5.92 Å². The van der Waals surface area contributed by atoms with E-state index in [4.69, 9.17) is 24.7 Å². The van der Waals surface area contributed by atoms with Crippen LogP contribution in [0.1, 0.15) is 77.7 Å². The first kappa shape index (κ1) is 29.9. The molecule has 0 aliphatic rings. The van der Waals surface area contributed by atoms with Gasteiger partial charge in [-0.1, -0.05) is 40.2 Å². The van der Waals surface area contributed by atoms with E-state index in [1.54, 1.807) is 13.0 Å². The van der Waals surface area contributed by atoms with Gasteiger partial charge in [-0.2, -0.15) is 0 Å². The molecule has 0 aromatic heterocycles. The van der Waals surface area contributed by atoms with Crippen LogP contribution in [0.2, 0.25) is 0 Å². The van der Waals surface area contributed by atoms with E-state index < -0.39 is 41.9 Å². The van der Waals surface area contributed by atoms with Crippen LogP contribution in [0.3, 0.4) is 0 Å². The Bertz CT molecular complexity index is 855. The van der Waals surface area contributed by atoms with Gasteiger partial charge in [0.25, 0.3) is 0 Å². The fourth-order valence-corrected chi connectivity index (χ4v) is 3.34. The SMILES string of the molecule is CCCCOC(=O)OCC(C)C(c1ccc(OC(=O)CCC)c(OC(=O)CCC)c1)[C@H](N)C(=O)O. The maximum absolute atomic E-state index is 12.2. The Morgan fingerprint density at radius 2 is 1.51 bits per heavy atom. The second-order valence-electron chi connectivity index (χ2n) is 8.28. The normalized spacial score (nSPS) is 13.3. The topological polar surface area (TPSA) is 151 Å². The number of nitrogens with two attached hydrogens (primary N) is 1. The third-order valence-electron chi connectivity index (χ3n) is 5.18. The van der Waals surface area contributed by atoms with Gasteiger partial charge in [0.05, 0.1) is 13.2 Å². The zero-order valence-corrected chi connectivity index (χ0v) is 20.9. The van der Waals surface area contributed by atoms with Crippen molar-refractivity contribution < 1.29 is 43.2 Å². The molecule has 0 radical (unpaired) electrons. The lowest BCUT2D eigenvalue weighted by Crippen LogP contribution is -2.40. The molecule has 0 heterocycles. The molecule has 196 valence electrons. The number of unbranched alkanes of at least 4 members (excludes halogenated alkanes) is 1. The predicted octanol–water partition coefficient (Wildman–Crippen LogP) is 4.18. The number of aliphatic carboxylic acids is 1. The van der Waals surface area contributed by atoms with Crippen molar-refractivity contribution in [2.24, 2.45) is 11.7 Å². The molecular formula is C25H37NO9. The summed E-state index contributed by atoms with van der Waals surface area (Å²) in [6.07, 6.45) is 2.17. The van der Waals surface area contributed by atoms with E-state index >= 15 is 0 Å². The molecule has 0 saturated heterocycles. The fourth-order valence-electron chi connectivity index (χ4n) is 3.34. The van der Waals surface area contributed by atoms with Gasteiger partial charge in [-0.05, 0) is 42.9 Å². The van der Waals surface area contributed by atoms with Crippen molar-refractivity contribution in [3.8, 4) is 11.5 Å². The van der Waals surface area contributed by atoms with Crippen LogP contribution in [-0.2, 0) is 23.9 Å². The van der Waals surface area contributed by atoms with Crippen molar-refractivity contribution in [2.45, 2.75) is 78.2 Å². The average Bonchev–Trinajstić information content (AvgIpc) is 2.79. The van der Waals surface area contributed by atoms with E-state index in [9.17, 15) is 24.3 Å². The summed E-state index contributed by atoms with van der Waals surface area (Å²) in [6.45, 7) is 7.37. The van der Waals surface area contributed by atoms with Crippen molar-refractivity contribution >= 4 is 24.1 Å². The van der Waals surface area contributed by atoms with E-state index in [0.717, 1.165) is 6.42 Å². The first-order valence-electron chi connectivity index (χ1n) is 12.0. The minimum absolute atomic E-state index is 0.0138. The molecular weight excluding hydrogens is 458 g/mol. The summed E-state index contributed by atoms with van der Waals surface area (Å²) in [6, 6.07) is 3.07. The van der Waals surface area contributed by atoms with Crippen molar-refractivity contribution in [3.05, 3.63) is 23.8 Å². The second-order valence-corrected chi connectivity index (χ2v) is 8.28. The summed E-state index contributed by atoms with van der Waals surface area (Å²) >= 11 is 0. The Hall–Kier alpha value is -3.14. The number of ether oxygens (including phenoxy) is 4. The molecule has 1 aromatic carbocycles. The first-order chi connectivity index (χ1) is 16.6. The Labute approximate surface area is 206 Å². The lowest BCUT2D eigenvalue weighted by Gasteiger charge is -2.28. The summed E-state index contributed by atoms with van der Waals surface area (Å²) in [5.74, 6) is -3.59. The Kier molecular flexibility index (Phi) is 13.4. The summed E-state index contributed by atoms with van der Waals surface area (Å²) < 4.78 is 20.9. The zero-order valence-electron chi connectivity index (χ0n) is 20.9. The number of carboxylic acids is 1. The lowest BCUT2D eigenvalue weighted by atomic mass is 9.82. The summed E-state index contributed by atoms with van der Waals surface area (Å²) in [5, 5.41) is 9.59. The number of carboxylic acid groups (broad SMARTS) is 1. The molecule has 0 bridgehead atoms. The number of hydrogen-bond acceptors (Lipinski definition) is 9. The third-order valence-corrected chi connectivity index (χ3v) is 5.18. The largest absolute Gasteiger partial charge is 0.508 e. The van der Waals surface area contributed by atoms with E-state index in [1.807, 2.05) is 20.8 Å². The predicted molar refractivity (Wildman–Crippen MR) is 127 cm³/mol.